The number of aromatic nitrogens is 3. The highest BCUT2D eigenvalue weighted by Gasteiger charge is 2.15. The monoisotopic (exact) mass is 378 g/mol. The number of hydrogen-bond acceptors (Lipinski definition) is 6. The van der Waals surface area contributed by atoms with E-state index in [0.717, 1.165) is 35.6 Å². The molecule has 0 unspecified atom stereocenters. The molecule has 1 aliphatic rings. The first-order valence-corrected chi connectivity index (χ1v) is 9.93. The maximum absolute atomic E-state index is 6.08. The van der Waals surface area contributed by atoms with E-state index in [1.807, 2.05) is 44.2 Å². The first kappa shape index (κ1) is 18.6. The van der Waals surface area contributed by atoms with Crippen LogP contribution in [0.2, 0.25) is 0 Å². The number of nitrogens with zero attached hydrogens (tertiary/aromatic N) is 4. The molecule has 0 bridgehead atoms. The highest BCUT2D eigenvalue weighted by atomic mass is 16.5. The Labute approximate surface area is 165 Å². The van der Waals surface area contributed by atoms with Crippen LogP contribution in [0.4, 0.5) is 0 Å². The van der Waals surface area contributed by atoms with Crippen LogP contribution >= 0.6 is 0 Å². The molecular weight excluding hydrogens is 352 g/mol. The molecule has 1 saturated heterocycles. The van der Waals surface area contributed by atoms with Crippen molar-refractivity contribution in [1.82, 2.24) is 19.9 Å². The summed E-state index contributed by atoms with van der Waals surface area (Å²) in [6.07, 6.45) is 7.27. The van der Waals surface area contributed by atoms with Crippen molar-refractivity contribution in [3.8, 4) is 22.9 Å². The second-order valence-electron chi connectivity index (χ2n) is 7.38. The molecule has 2 aromatic heterocycles. The van der Waals surface area contributed by atoms with Crippen molar-refractivity contribution in [2.45, 2.75) is 39.2 Å². The van der Waals surface area contributed by atoms with Crippen LogP contribution in [-0.4, -0.2) is 45.8 Å². The van der Waals surface area contributed by atoms with Gasteiger partial charge in [-0.15, -0.1) is 0 Å². The van der Waals surface area contributed by atoms with Gasteiger partial charge >= 0.3 is 0 Å². The van der Waals surface area contributed by atoms with Gasteiger partial charge < -0.3 is 9.47 Å². The molecular formula is C22H26N4O2. The lowest BCUT2D eigenvalue weighted by atomic mass is 10.1. The first-order valence-electron chi connectivity index (χ1n) is 9.93. The Balaban J connectivity index is 1.61. The van der Waals surface area contributed by atoms with E-state index in [2.05, 4.69) is 14.9 Å². The normalized spacial score (nSPS) is 15.1. The third-order valence-corrected chi connectivity index (χ3v) is 4.78. The van der Waals surface area contributed by atoms with Crippen LogP contribution in [-0.2, 0) is 0 Å². The molecule has 3 heterocycles. The second-order valence-corrected chi connectivity index (χ2v) is 7.38. The quantitative estimate of drug-likeness (QED) is 0.637. The molecule has 1 aromatic carbocycles. The summed E-state index contributed by atoms with van der Waals surface area (Å²) in [6.45, 7) is 6.71. The Morgan fingerprint density at radius 2 is 1.75 bits per heavy atom. The zero-order chi connectivity index (χ0) is 19.3. The minimum atomic E-state index is 0.148. The summed E-state index contributed by atoms with van der Waals surface area (Å²) in [4.78, 5) is 16.0. The molecule has 0 atom stereocenters. The lowest BCUT2D eigenvalue weighted by Crippen LogP contribution is -2.33. The van der Waals surface area contributed by atoms with E-state index in [0.29, 0.717) is 18.1 Å². The van der Waals surface area contributed by atoms with Crippen LogP contribution in [0.5, 0.6) is 11.6 Å². The van der Waals surface area contributed by atoms with Crippen molar-refractivity contribution < 1.29 is 9.47 Å². The first-order chi connectivity index (χ1) is 13.7. The molecule has 0 N–H and O–H groups in total. The van der Waals surface area contributed by atoms with Crippen LogP contribution < -0.4 is 9.47 Å². The van der Waals surface area contributed by atoms with Gasteiger partial charge in [-0.05, 0) is 57.0 Å². The Morgan fingerprint density at radius 1 is 1.00 bits per heavy atom. The zero-order valence-corrected chi connectivity index (χ0v) is 16.5. The van der Waals surface area contributed by atoms with Gasteiger partial charge in [-0.2, -0.15) is 0 Å². The molecule has 0 spiro atoms. The van der Waals surface area contributed by atoms with Gasteiger partial charge in [0.1, 0.15) is 12.5 Å². The Bertz CT molecular complexity index is 921. The minimum Gasteiger partial charge on any atom is -0.491 e. The average Bonchev–Trinajstić information content (AvgIpc) is 2.73. The third kappa shape index (κ3) is 4.39. The van der Waals surface area contributed by atoms with Crippen LogP contribution in [0, 0.1) is 0 Å². The number of fused-ring (bicyclic) bond motifs is 1. The van der Waals surface area contributed by atoms with Gasteiger partial charge in [-0.25, -0.2) is 9.97 Å². The number of benzene rings is 1. The largest absolute Gasteiger partial charge is 0.491 e. The van der Waals surface area contributed by atoms with Crippen LogP contribution in [0.15, 0.2) is 42.7 Å². The van der Waals surface area contributed by atoms with Gasteiger partial charge in [0.2, 0.25) is 5.88 Å². The predicted octanol–water partition coefficient (Wildman–Crippen LogP) is 4.30. The molecule has 1 aliphatic heterocycles. The van der Waals surface area contributed by atoms with Crippen LogP contribution in [0.25, 0.3) is 22.3 Å². The number of rotatable bonds is 6. The minimum absolute atomic E-state index is 0.148. The van der Waals surface area contributed by atoms with Gasteiger partial charge in [0.25, 0.3) is 0 Å². The molecule has 6 heteroatoms. The van der Waals surface area contributed by atoms with Crippen molar-refractivity contribution >= 4 is 11.0 Å². The van der Waals surface area contributed by atoms with Gasteiger partial charge in [0.15, 0.2) is 5.52 Å². The Hall–Kier alpha value is -2.73. The van der Waals surface area contributed by atoms with Gasteiger partial charge in [-0.3, -0.25) is 9.88 Å². The van der Waals surface area contributed by atoms with E-state index in [1.54, 1.807) is 12.4 Å². The molecule has 146 valence electrons. The van der Waals surface area contributed by atoms with Gasteiger partial charge in [-0.1, -0.05) is 6.42 Å². The van der Waals surface area contributed by atoms with Crippen molar-refractivity contribution in [2.75, 3.05) is 19.8 Å². The summed E-state index contributed by atoms with van der Waals surface area (Å²) >= 11 is 0. The molecule has 0 amide bonds. The molecule has 3 aromatic rings. The topological polar surface area (TPSA) is 60.4 Å². The van der Waals surface area contributed by atoms with E-state index >= 15 is 0 Å². The fourth-order valence-corrected chi connectivity index (χ4v) is 3.41. The van der Waals surface area contributed by atoms with Crippen molar-refractivity contribution in [2.24, 2.45) is 0 Å². The molecule has 6 nitrogen and oxygen atoms in total. The predicted molar refractivity (Wildman–Crippen MR) is 109 cm³/mol. The van der Waals surface area contributed by atoms with Crippen molar-refractivity contribution in [3.05, 3.63) is 42.7 Å². The molecule has 4 rings (SSSR count). The van der Waals surface area contributed by atoms with E-state index in [9.17, 15) is 0 Å². The average molecular weight is 378 g/mol. The number of pyridine rings is 1. The standard InChI is InChI=1S/C22H26N4O2/c1-16(2)28-18-8-6-17(7-9-18)19-14-20-21(24-11-10-23-20)22(25-19)27-15-26-12-4-3-5-13-26/h6-11,14,16H,3-5,12-13,15H2,1-2H3. The molecule has 28 heavy (non-hydrogen) atoms. The maximum Gasteiger partial charge on any atom is 0.244 e. The lowest BCUT2D eigenvalue weighted by Gasteiger charge is -2.26. The second kappa shape index (κ2) is 8.52. The zero-order valence-electron chi connectivity index (χ0n) is 16.5. The number of piperidine rings is 1. The molecule has 0 aliphatic carbocycles. The van der Waals surface area contributed by atoms with E-state index in [4.69, 9.17) is 14.5 Å². The molecule has 1 fully saturated rings. The van der Waals surface area contributed by atoms with Crippen molar-refractivity contribution in [3.63, 3.8) is 0 Å². The summed E-state index contributed by atoms with van der Waals surface area (Å²) in [7, 11) is 0. The van der Waals surface area contributed by atoms with E-state index in [-0.39, 0.29) is 6.10 Å². The fourth-order valence-electron chi connectivity index (χ4n) is 3.41. The third-order valence-electron chi connectivity index (χ3n) is 4.78. The Morgan fingerprint density at radius 3 is 2.50 bits per heavy atom. The highest BCUT2D eigenvalue weighted by molar-refractivity contribution is 5.83. The van der Waals surface area contributed by atoms with Gasteiger partial charge in [0.05, 0.1) is 17.3 Å². The SMILES string of the molecule is CC(C)Oc1ccc(-c2cc3nccnc3c(OCN3CCCCC3)n2)cc1. The molecule has 0 radical (unpaired) electrons. The lowest BCUT2D eigenvalue weighted by molar-refractivity contribution is 0.104. The summed E-state index contributed by atoms with van der Waals surface area (Å²) < 4.78 is 11.8. The van der Waals surface area contributed by atoms with E-state index < -0.39 is 0 Å². The fraction of sp³-hybridized carbons (Fsp3) is 0.409. The number of ether oxygens (including phenoxy) is 2. The summed E-state index contributed by atoms with van der Waals surface area (Å²) in [6, 6.07) is 9.90. The summed E-state index contributed by atoms with van der Waals surface area (Å²) in [5, 5.41) is 0. The maximum atomic E-state index is 6.08. The summed E-state index contributed by atoms with van der Waals surface area (Å²) in [5.41, 5.74) is 3.29. The Kier molecular flexibility index (Phi) is 5.67. The van der Waals surface area contributed by atoms with Crippen LogP contribution in [0.3, 0.4) is 0 Å². The molecule has 0 saturated carbocycles. The van der Waals surface area contributed by atoms with E-state index in [1.165, 1.54) is 19.3 Å². The summed E-state index contributed by atoms with van der Waals surface area (Å²) in [5.74, 6) is 1.38. The van der Waals surface area contributed by atoms with Gasteiger partial charge in [0, 0.05) is 31.0 Å². The van der Waals surface area contributed by atoms with Crippen molar-refractivity contribution in [1.29, 1.82) is 0 Å². The number of likely N-dealkylation sites (tertiary alicyclic amines) is 1. The number of hydrogen-bond donors (Lipinski definition) is 0. The highest BCUT2D eigenvalue weighted by Crippen LogP contribution is 2.28. The van der Waals surface area contributed by atoms with Crippen LogP contribution in [0.1, 0.15) is 33.1 Å². The smallest absolute Gasteiger partial charge is 0.244 e.